The molecule has 2 amide bonds. The van der Waals surface area contributed by atoms with Crippen LogP contribution in [-0.4, -0.2) is 53.7 Å². The van der Waals surface area contributed by atoms with Gasteiger partial charge in [-0.1, -0.05) is 54.6 Å². The molecule has 7 nitrogen and oxygen atoms in total. The van der Waals surface area contributed by atoms with Crippen LogP contribution in [0.5, 0.6) is 0 Å². The Balaban J connectivity index is 1.24. The van der Waals surface area contributed by atoms with E-state index in [1.54, 1.807) is 11.0 Å². The molecule has 1 unspecified atom stereocenters. The molecule has 1 atom stereocenters. The number of rotatable bonds is 7. The van der Waals surface area contributed by atoms with Crippen molar-refractivity contribution in [2.24, 2.45) is 0 Å². The van der Waals surface area contributed by atoms with E-state index in [0.29, 0.717) is 31.5 Å². The van der Waals surface area contributed by atoms with Crippen LogP contribution in [0.15, 0.2) is 60.2 Å². The van der Waals surface area contributed by atoms with E-state index in [-0.39, 0.29) is 30.9 Å². The molecule has 4 rings (SSSR count). The van der Waals surface area contributed by atoms with Crippen molar-refractivity contribution in [2.75, 3.05) is 19.7 Å². The maximum atomic E-state index is 12.4. The molecule has 0 radical (unpaired) electrons. The van der Waals surface area contributed by atoms with E-state index in [1.807, 2.05) is 31.2 Å². The van der Waals surface area contributed by atoms with Crippen LogP contribution in [0.4, 0.5) is 4.79 Å². The van der Waals surface area contributed by atoms with Gasteiger partial charge in [0.15, 0.2) is 0 Å². The van der Waals surface area contributed by atoms with Crippen molar-refractivity contribution in [2.45, 2.75) is 38.1 Å². The molecule has 2 aromatic carbocycles. The lowest BCUT2D eigenvalue weighted by Gasteiger charge is -2.26. The number of ether oxygens (including phenoxy) is 1. The number of fused-ring (bicyclic) bond motifs is 3. The number of nitrogens with zero attached hydrogens (tertiary/aromatic N) is 1. The lowest BCUT2D eigenvalue weighted by molar-refractivity contribution is -0.135. The highest BCUT2D eigenvalue weighted by Gasteiger charge is 2.29. The molecule has 0 saturated heterocycles. The Hall–Kier alpha value is -3.61. The quantitative estimate of drug-likeness (QED) is 0.669. The maximum absolute atomic E-state index is 12.4. The fourth-order valence-corrected chi connectivity index (χ4v) is 4.50. The van der Waals surface area contributed by atoms with Gasteiger partial charge in [-0.3, -0.25) is 4.79 Å². The minimum Gasteiger partial charge on any atom is -0.478 e. The summed E-state index contributed by atoms with van der Waals surface area (Å²) < 4.78 is 5.56. The molecule has 0 aromatic heterocycles. The van der Waals surface area contributed by atoms with Gasteiger partial charge in [0.2, 0.25) is 5.91 Å². The Morgan fingerprint density at radius 2 is 1.73 bits per heavy atom. The highest BCUT2D eigenvalue weighted by molar-refractivity contribution is 5.87. The van der Waals surface area contributed by atoms with Crippen LogP contribution in [0, 0.1) is 0 Å². The molecule has 0 fully saturated rings. The van der Waals surface area contributed by atoms with E-state index in [0.717, 1.165) is 11.1 Å². The van der Waals surface area contributed by atoms with Gasteiger partial charge in [0.05, 0.1) is 0 Å². The zero-order chi connectivity index (χ0) is 23.4. The summed E-state index contributed by atoms with van der Waals surface area (Å²) in [5.41, 5.74) is 5.02. The monoisotopic (exact) mass is 448 g/mol. The largest absolute Gasteiger partial charge is 0.478 e. The molecule has 1 heterocycles. The summed E-state index contributed by atoms with van der Waals surface area (Å²) >= 11 is 0. The van der Waals surface area contributed by atoms with Crippen molar-refractivity contribution in [1.29, 1.82) is 0 Å². The second-order valence-electron chi connectivity index (χ2n) is 8.53. The van der Waals surface area contributed by atoms with Gasteiger partial charge in [-0.25, -0.2) is 9.59 Å². The number of carbonyl (C=O) groups excluding carboxylic acids is 2. The van der Waals surface area contributed by atoms with Crippen LogP contribution in [-0.2, 0) is 14.3 Å². The molecule has 0 saturated carbocycles. The Morgan fingerprint density at radius 3 is 2.30 bits per heavy atom. The standard InChI is InChI=1S/C26H28N2O5/c1-17(10-11-24(29)28-14-12-18(13-15-28)25(30)31)27-26(32)33-16-23-21-8-4-2-6-19(21)20-7-3-5-9-22(20)23/h2-9,12,17,23H,10-11,13-16H2,1H3,(H,27,32)(H,30,31). The summed E-state index contributed by atoms with van der Waals surface area (Å²) in [7, 11) is 0. The number of amides is 2. The molecular formula is C26H28N2O5. The molecule has 2 N–H and O–H groups in total. The second-order valence-corrected chi connectivity index (χ2v) is 8.53. The first-order valence-corrected chi connectivity index (χ1v) is 11.3. The van der Waals surface area contributed by atoms with E-state index in [1.165, 1.54) is 11.1 Å². The zero-order valence-corrected chi connectivity index (χ0v) is 18.6. The van der Waals surface area contributed by atoms with Gasteiger partial charge < -0.3 is 20.1 Å². The molecule has 0 bridgehead atoms. The number of carboxylic acid groups (broad SMARTS) is 1. The third-order valence-electron chi connectivity index (χ3n) is 6.34. The summed E-state index contributed by atoms with van der Waals surface area (Å²) in [4.78, 5) is 37.4. The summed E-state index contributed by atoms with van der Waals surface area (Å²) in [6.07, 6.45) is 2.20. The molecule has 1 aliphatic carbocycles. The van der Waals surface area contributed by atoms with Crippen LogP contribution < -0.4 is 5.32 Å². The first kappa shape index (κ1) is 22.6. The van der Waals surface area contributed by atoms with Crippen LogP contribution in [0.1, 0.15) is 43.2 Å². The lowest BCUT2D eigenvalue weighted by Crippen LogP contribution is -2.38. The summed E-state index contributed by atoms with van der Waals surface area (Å²) in [6, 6.07) is 16.1. The van der Waals surface area contributed by atoms with Crippen LogP contribution in [0.3, 0.4) is 0 Å². The topological polar surface area (TPSA) is 95.9 Å². The van der Waals surface area contributed by atoms with Crippen LogP contribution in [0.25, 0.3) is 11.1 Å². The number of carboxylic acids is 1. The third-order valence-corrected chi connectivity index (χ3v) is 6.34. The van der Waals surface area contributed by atoms with Crippen molar-refractivity contribution in [3.8, 4) is 11.1 Å². The molecule has 1 aliphatic heterocycles. The Morgan fingerprint density at radius 1 is 1.09 bits per heavy atom. The smallest absolute Gasteiger partial charge is 0.407 e. The fraction of sp³-hybridized carbons (Fsp3) is 0.346. The predicted molar refractivity (Wildman–Crippen MR) is 124 cm³/mol. The Kier molecular flexibility index (Phi) is 6.77. The van der Waals surface area contributed by atoms with Gasteiger partial charge in [-0.05, 0) is 42.0 Å². The van der Waals surface area contributed by atoms with Crippen molar-refractivity contribution in [1.82, 2.24) is 10.2 Å². The van der Waals surface area contributed by atoms with Crippen molar-refractivity contribution < 1.29 is 24.2 Å². The summed E-state index contributed by atoms with van der Waals surface area (Å²) in [6.45, 7) is 2.81. The molecule has 0 spiro atoms. The fourth-order valence-electron chi connectivity index (χ4n) is 4.50. The number of hydrogen-bond donors (Lipinski definition) is 2. The number of carbonyl (C=O) groups is 3. The van der Waals surface area contributed by atoms with Gasteiger partial charge in [0.1, 0.15) is 6.61 Å². The molecule has 7 heteroatoms. The number of aliphatic carboxylic acids is 1. The maximum Gasteiger partial charge on any atom is 0.407 e. The normalized spacial score (nSPS) is 15.8. The van der Waals surface area contributed by atoms with E-state index >= 15 is 0 Å². The number of benzene rings is 2. The van der Waals surface area contributed by atoms with Gasteiger partial charge in [-0.2, -0.15) is 0 Å². The van der Waals surface area contributed by atoms with Crippen molar-refractivity contribution in [3.63, 3.8) is 0 Å². The van der Waals surface area contributed by atoms with E-state index in [2.05, 4.69) is 29.6 Å². The van der Waals surface area contributed by atoms with Gasteiger partial charge >= 0.3 is 12.1 Å². The van der Waals surface area contributed by atoms with E-state index < -0.39 is 12.1 Å². The van der Waals surface area contributed by atoms with Gasteiger partial charge in [-0.15, -0.1) is 0 Å². The average molecular weight is 449 g/mol. The Labute approximate surface area is 193 Å². The third kappa shape index (κ3) is 5.08. The zero-order valence-electron chi connectivity index (χ0n) is 18.6. The minimum atomic E-state index is -0.928. The van der Waals surface area contributed by atoms with E-state index in [9.17, 15) is 14.4 Å². The molecular weight excluding hydrogens is 420 g/mol. The van der Waals surface area contributed by atoms with E-state index in [4.69, 9.17) is 9.84 Å². The lowest BCUT2D eigenvalue weighted by atomic mass is 9.98. The summed E-state index contributed by atoms with van der Waals surface area (Å²) in [5.74, 6) is -0.970. The summed E-state index contributed by atoms with van der Waals surface area (Å²) in [5, 5.41) is 11.8. The van der Waals surface area contributed by atoms with Crippen LogP contribution in [0.2, 0.25) is 0 Å². The van der Waals surface area contributed by atoms with Gasteiger partial charge in [0.25, 0.3) is 0 Å². The first-order chi connectivity index (χ1) is 15.9. The highest BCUT2D eigenvalue weighted by atomic mass is 16.5. The second kappa shape index (κ2) is 9.90. The van der Waals surface area contributed by atoms with Gasteiger partial charge in [0, 0.05) is 37.0 Å². The number of alkyl carbamates (subject to hydrolysis) is 1. The number of nitrogens with one attached hydrogen (secondary N) is 1. The SMILES string of the molecule is CC(CCC(=O)N1CC=C(C(=O)O)CC1)NC(=O)OCC1c2ccccc2-c2ccccc21. The minimum absolute atomic E-state index is 0.00267. The number of hydrogen-bond acceptors (Lipinski definition) is 4. The first-order valence-electron chi connectivity index (χ1n) is 11.3. The predicted octanol–water partition coefficient (Wildman–Crippen LogP) is 3.94. The molecule has 33 heavy (non-hydrogen) atoms. The van der Waals surface area contributed by atoms with Crippen LogP contribution >= 0.6 is 0 Å². The van der Waals surface area contributed by atoms with Crippen molar-refractivity contribution in [3.05, 3.63) is 71.3 Å². The highest BCUT2D eigenvalue weighted by Crippen LogP contribution is 2.44. The molecule has 2 aromatic rings. The Bertz CT molecular complexity index is 1050. The molecule has 2 aliphatic rings. The van der Waals surface area contributed by atoms with Crippen molar-refractivity contribution >= 4 is 18.0 Å². The average Bonchev–Trinajstić information content (AvgIpc) is 3.15. The molecule has 172 valence electrons.